The molecule has 2 unspecified atom stereocenters. The molecule has 1 N–H and O–H groups in total. The van der Waals surface area contributed by atoms with Crippen LogP contribution in [0.1, 0.15) is 26.0 Å². The number of rotatable bonds is 2. The van der Waals surface area contributed by atoms with Gasteiger partial charge < -0.3 is 5.32 Å². The molecular formula is C11H16ClN3. The second-order valence-electron chi connectivity index (χ2n) is 4.78. The average molecular weight is 226 g/mol. The first-order valence-corrected chi connectivity index (χ1v) is 5.65. The highest BCUT2D eigenvalue weighted by molar-refractivity contribution is 6.21. The summed E-state index contributed by atoms with van der Waals surface area (Å²) in [6, 6.07) is 4.32. The van der Waals surface area contributed by atoms with Crippen LogP contribution in [0.25, 0.3) is 0 Å². The standard InChI is InChI=1S/C11H16ClN3/c1-7-4-5-10(15-14-7)13-9-6-8(12)11(9,2)3/h4-5,8-9H,6H2,1-3H3,(H,13,15). The predicted molar refractivity (Wildman–Crippen MR) is 62.2 cm³/mol. The van der Waals surface area contributed by atoms with Gasteiger partial charge in [-0.05, 0) is 25.5 Å². The molecule has 0 bridgehead atoms. The number of hydrogen-bond acceptors (Lipinski definition) is 3. The zero-order valence-electron chi connectivity index (χ0n) is 9.29. The molecule has 1 aromatic rings. The molecule has 2 rings (SSSR count). The molecule has 0 radical (unpaired) electrons. The number of nitrogens with zero attached hydrogens (tertiary/aromatic N) is 2. The smallest absolute Gasteiger partial charge is 0.148 e. The Balaban J connectivity index is 2.02. The monoisotopic (exact) mass is 225 g/mol. The third-order valence-electron chi connectivity index (χ3n) is 3.27. The number of hydrogen-bond donors (Lipinski definition) is 1. The van der Waals surface area contributed by atoms with Crippen molar-refractivity contribution in [3.63, 3.8) is 0 Å². The fourth-order valence-corrected chi connectivity index (χ4v) is 2.10. The number of anilines is 1. The minimum absolute atomic E-state index is 0.133. The Morgan fingerprint density at radius 3 is 2.60 bits per heavy atom. The first kappa shape index (κ1) is 10.7. The normalized spacial score (nSPS) is 28.3. The van der Waals surface area contributed by atoms with E-state index in [0.29, 0.717) is 6.04 Å². The third-order valence-corrected chi connectivity index (χ3v) is 4.01. The van der Waals surface area contributed by atoms with E-state index < -0.39 is 0 Å². The predicted octanol–water partition coefficient (Wildman–Crippen LogP) is 2.60. The Labute approximate surface area is 95.2 Å². The van der Waals surface area contributed by atoms with Gasteiger partial charge in [0.2, 0.25) is 0 Å². The maximum Gasteiger partial charge on any atom is 0.148 e. The van der Waals surface area contributed by atoms with Crippen LogP contribution in [0.15, 0.2) is 12.1 Å². The van der Waals surface area contributed by atoms with Crippen LogP contribution >= 0.6 is 11.6 Å². The molecule has 0 amide bonds. The van der Waals surface area contributed by atoms with Crippen molar-refractivity contribution in [3.05, 3.63) is 17.8 Å². The van der Waals surface area contributed by atoms with Gasteiger partial charge in [-0.3, -0.25) is 0 Å². The van der Waals surface area contributed by atoms with Crippen molar-refractivity contribution in [2.75, 3.05) is 5.32 Å². The highest BCUT2D eigenvalue weighted by atomic mass is 35.5. The summed E-state index contributed by atoms with van der Waals surface area (Å²) in [5, 5.41) is 11.7. The van der Waals surface area contributed by atoms with Crippen LogP contribution in [-0.4, -0.2) is 21.6 Å². The third kappa shape index (κ3) is 1.93. The van der Waals surface area contributed by atoms with Gasteiger partial charge in [0, 0.05) is 16.8 Å². The first-order chi connectivity index (χ1) is 7.00. The molecule has 1 aromatic heterocycles. The van der Waals surface area contributed by atoms with E-state index in [1.165, 1.54) is 0 Å². The number of halogens is 1. The molecule has 2 atom stereocenters. The van der Waals surface area contributed by atoms with Gasteiger partial charge in [0.1, 0.15) is 5.82 Å². The number of aryl methyl sites for hydroxylation is 1. The molecule has 0 spiro atoms. The van der Waals surface area contributed by atoms with Crippen molar-refractivity contribution < 1.29 is 0 Å². The zero-order valence-corrected chi connectivity index (χ0v) is 10.0. The van der Waals surface area contributed by atoms with Crippen molar-refractivity contribution in [2.45, 2.75) is 38.6 Å². The summed E-state index contributed by atoms with van der Waals surface area (Å²) in [7, 11) is 0. The summed E-state index contributed by atoms with van der Waals surface area (Å²) >= 11 is 6.15. The Morgan fingerprint density at radius 2 is 2.13 bits per heavy atom. The van der Waals surface area contributed by atoms with E-state index >= 15 is 0 Å². The lowest BCUT2D eigenvalue weighted by Crippen LogP contribution is -2.54. The van der Waals surface area contributed by atoms with E-state index in [2.05, 4.69) is 29.4 Å². The molecule has 0 aromatic carbocycles. The van der Waals surface area contributed by atoms with Crippen LogP contribution in [0, 0.1) is 12.3 Å². The van der Waals surface area contributed by atoms with E-state index in [0.717, 1.165) is 17.9 Å². The SMILES string of the molecule is Cc1ccc(NC2CC(Cl)C2(C)C)nn1. The van der Waals surface area contributed by atoms with Crippen LogP contribution in [0.3, 0.4) is 0 Å². The fraction of sp³-hybridized carbons (Fsp3) is 0.636. The van der Waals surface area contributed by atoms with Gasteiger partial charge >= 0.3 is 0 Å². The molecule has 0 aliphatic heterocycles. The molecular weight excluding hydrogens is 210 g/mol. The van der Waals surface area contributed by atoms with E-state index in [9.17, 15) is 0 Å². The highest BCUT2D eigenvalue weighted by Crippen LogP contribution is 2.45. The van der Waals surface area contributed by atoms with Crippen molar-refractivity contribution >= 4 is 17.4 Å². The molecule has 1 aliphatic carbocycles. The number of alkyl halides is 1. The molecule has 1 saturated carbocycles. The summed E-state index contributed by atoms with van der Waals surface area (Å²) < 4.78 is 0. The summed E-state index contributed by atoms with van der Waals surface area (Å²) in [4.78, 5) is 0. The maximum atomic E-state index is 6.15. The van der Waals surface area contributed by atoms with Gasteiger partial charge in [0.25, 0.3) is 0 Å². The average Bonchev–Trinajstić information content (AvgIpc) is 2.21. The van der Waals surface area contributed by atoms with E-state index in [4.69, 9.17) is 11.6 Å². The Bertz CT molecular complexity index is 347. The van der Waals surface area contributed by atoms with Gasteiger partial charge in [-0.15, -0.1) is 16.7 Å². The van der Waals surface area contributed by atoms with Crippen LogP contribution in [0.2, 0.25) is 0 Å². The van der Waals surface area contributed by atoms with Crippen LogP contribution in [0.4, 0.5) is 5.82 Å². The first-order valence-electron chi connectivity index (χ1n) is 5.21. The second kappa shape index (κ2) is 3.63. The molecule has 82 valence electrons. The highest BCUT2D eigenvalue weighted by Gasteiger charge is 2.47. The van der Waals surface area contributed by atoms with Gasteiger partial charge in [0.05, 0.1) is 5.69 Å². The Hall–Kier alpha value is -0.830. The quantitative estimate of drug-likeness (QED) is 0.787. The maximum absolute atomic E-state index is 6.15. The van der Waals surface area contributed by atoms with E-state index in [1.54, 1.807) is 0 Å². The van der Waals surface area contributed by atoms with Crippen LogP contribution < -0.4 is 5.32 Å². The largest absolute Gasteiger partial charge is 0.365 e. The Kier molecular flexibility index (Phi) is 2.59. The second-order valence-corrected chi connectivity index (χ2v) is 5.31. The van der Waals surface area contributed by atoms with Crippen molar-refractivity contribution in [2.24, 2.45) is 5.41 Å². The minimum Gasteiger partial charge on any atom is -0.365 e. The van der Waals surface area contributed by atoms with Gasteiger partial charge in [-0.25, -0.2) is 0 Å². The Morgan fingerprint density at radius 1 is 1.40 bits per heavy atom. The van der Waals surface area contributed by atoms with Gasteiger partial charge in [-0.2, -0.15) is 5.10 Å². The molecule has 3 nitrogen and oxygen atoms in total. The van der Waals surface area contributed by atoms with Gasteiger partial charge in [-0.1, -0.05) is 13.8 Å². The number of nitrogens with one attached hydrogen (secondary N) is 1. The summed E-state index contributed by atoms with van der Waals surface area (Å²) in [5.74, 6) is 0.835. The summed E-state index contributed by atoms with van der Waals surface area (Å²) in [6.45, 7) is 6.28. The lowest BCUT2D eigenvalue weighted by atomic mass is 9.67. The molecule has 4 heteroatoms. The zero-order chi connectivity index (χ0) is 11.1. The molecule has 1 heterocycles. The van der Waals surface area contributed by atoms with Crippen molar-refractivity contribution in [1.29, 1.82) is 0 Å². The van der Waals surface area contributed by atoms with Crippen molar-refractivity contribution in [1.82, 2.24) is 10.2 Å². The molecule has 1 fully saturated rings. The lowest BCUT2D eigenvalue weighted by molar-refractivity contribution is 0.168. The topological polar surface area (TPSA) is 37.8 Å². The van der Waals surface area contributed by atoms with Crippen LogP contribution in [-0.2, 0) is 0 Å². The molecule has 0 saturated heterocycles. The lowest BCUT2D eigenvalue weighted by Gasteiger charge is -2.49. The van der Waals surface area contributed by atoms with Gasteiger partial charge in [0.15, 0.2) is 0 Å². The van der Waals surface area contributed by atoms with E-state index in [1.807, 2.05) is 19.1 Å². The fourth-order valence-electron chi connectivity index (χ4n) is 1.77. The van der Waals surface area contributed by atoms with E-state index in [-0.39, 0.29) is 10.8 Å². The minimum atomic E-state index is 0.133. The molecule has 15 heavy (non-hydrogen) atoms. The summed E-state index contributed by atoms with van der Waals surface area (Å²) in [6.07, 6.45) is 0.990. The molecule has 1 aliphatic rings. The van der Waals surface area contributed by atoms with Crippen molar-refractivity contribution in [3.8, 4) is 0 Å². The number of aromatic nitrogens is 2. The summed E-state index contributed by atoms with van der Waals surface area (Å²) in [5.41, 5.74) is 1.07. The van der Waals surface area contributed by atoms with Crippen LogP contribution in [0.5, 0.6) is 0 Å².